The summed E-state index contributed by atoms with van der Waals surface area (Å²) in [4.78, 5) is 0. The van der Waals surface area contributed by atoms with Gasteiger partial charge < -0.3 is 24.8 Å². The first-order valence-corrected chi connectivity index (χ1v) is 23.2. The maximum absolute atomic E-state index is 3.68. The van der Waals surface area contributed by atoms with Crippen molar-refractivity contribution in [2.24, 2.45) is 0 Å². The van der Waals surface area contributed by atoms with Gasteiger partial charge in [-0.1, -0.05) is 120 Å². The number of hydrogen-bond acceptors (Lipinski definition) is 0. The second-order valence-corrected chi connectivity index (χ2v) is 18.9. The van der Waals surface area contributed by atoms with Crippen LogP contribution in [0.3, 0.4) is 0 Å². The molecule has 4 aromatic rings. The molecule has 6 aliphatic carbocycles. The number of halogens is 2. The quantitative estimate of drug-likeness (QED) is 0.159. The van der Waals surface area contributed by atoms with E-state index in [1.54, 1.807) is 54.9 Å². The van der Waals surface area contributed by atoms with Crippen LogP contribution in [0.1, 0.15) is 137 Å². The van der Waals surface area contributed by atoms with Crippen LogP contribution in [0.2, 0.25) is 0 Å². The van der Waals surface area contributed by atoms with Gasteiger partial charge in [0, 0.05) is 0 Å². The molecule has 2 saturated carbocycles. The number of rotatable bonds is 4. The van der Waals surface area contributed by atoms with Crippen LogP contribution in [0.5, 0.6) is 0 Å². The Hall–Kier alpha value is -2.07. The standard InChI is InChI=1S/2C20H17.2C6H10.2ClH.2Zr/c2*1-2-14-7-5-9-18(14)16-10-11-20-17(13-16)12-15-6-3-4-8-19(15)20;2*1-2-4-6-5-3-1;;;;/h2*3-8,10-11H,2,9,12H2,1H3;2*1-5H2;2*1H;;/q2*-1;;;;;;/p-2. The summed E-state index contributed by atoms with van der Waals surface area (Å²) in [5.41, 5.74) is 19.6. The maximum atomic E-state index is 3.68. The van der Waals surface area contributed by atoms with Crippen LogP contribution in [0.25, 0.3) is 33.4 Å². The Morgan fingerprint density at radius 2 is 0.875 bits per heavy atom. The zero-order valence-corrected chi connectivity index (χ0v) is 39.7. The third-order valence-corrected chi connectivity index (χ3v) is 14.2. The van der Waals surface area contributed by atoms with Crippen LogP contribution in [-0.2, 0) is 61.3 Å². The SMILES string of the molecule is CCC1=C(c2[c-]c3c(cc2)-c2ccccc2C3)CC=C1.CCC1=C(c2[c-]c3c(cc2)-c2ccccc2C3)CC=C1.[Cl-].[Cl-].[Zr]=[C]1CCCCC1.[Zr]=[C]1CCCCC1. The summed E-state index contributed by atoms with van der Waals surface area (Å²) in [6.45, 7) is 4.46. The fraction of sp³-hybridized carbons (Fsp3) is 0.346. The summed E-state index contributed by atoms with van der Waals surface area (Å²) in [7, 11) is 0. The third-order valence-electron chi connectivity index (χ3n) is 11.8. The second kappa shape index (κ2) is 22.3. The first kappa shape index (κ1) is 45.0. The molecule has 0 aliphatic heterocycles. The van der Waals surface area contributed by atoms with Gasteiger partial charge in [-0.2, -0.15) is 0 Å². The van der Waals surface area contributed by atoms with Crippen LogP contribution in [0, 0.1) is 12.1 Å². The zero-order chi connectivity index (χ0) is 37.3. The third kappa shape index (κ3) is 11.1. The van der Waals surface area contributed by atoms with Gasteiger partial charge in [-0.3, -0.25) is 0 Å². The molecule has 4 heteroatoms. The van der Waals surface area contributed by atoms with Gasteiger partial charge in [-0.25, -0.2) is 0 Å². The summed E-state index contributed by atoms with van der Waals surface area (Å²) in [5.74, 6) is 0. The van der Waals surface area contributed by atoms with Gasteiger partial charge in [-0.05, 0) is 49.7 Å². The monoisotopic (exact) mass is 928 g/mol. The molecule has 0 amide bonds. The molecule has 10 rings (SSSR count). The van der Waals surface area contributed by atoms with Gasteiger partial charge in [0.25, 0.3) is 0 Å². The van der Waals surface area contributed by atoms with Crippen molar-refractivity contribution in [2.45, 2.75) is 117 Å². The number of allylic oxidation sites excluding steroid dienone is 8. The summed E-state index contributed by atoms with van der Waals surface area (Å²) in [6.07, 6.45) is 30.1. The molecule has 0 heterocycles. The molecule has 0 N–H and O–H groups in total. The average molecular weight is 932 g/mol. The summed E-state index contributed by atoms with van der Waals surface area (Å²) in [5, 5.41) is 0. The first-order valence-electron chi connectivity index (χ1n) is 20.7. The predicted octanol–water partition coefficient (Wildman–Crippen LogP) is 7.71. The number of hydrogen-bond donors (Lipinski definition) is 0. The molecule has 0 radical (unpaired) electrons. The Morgan fingerprint density at radius 1 is 0.482 bits per heavy atom. The Bertz CT molecular complexity index is 1980. The normalized spacial score (nSPS) is 16.8. The molecule has 4 aromatic carbocycles. The van der Waals surface area contributed by atoms with E-state index in [-0.39, 0.29) is 24.8 Å². The summed E-state index contributed by atoms with van der Waals surface area (Å²) >= 11 is 3.38. The van der Waals surface area contributed by atoms with Crippen molar-refractivity contribution in [1.29, 1.82) is 0 Å². The molecular weight excluding hydrogens is 878 g/mol. The number of fused-ring (bicyclic) bond motifs is 6. The van der Waals surface area contributed by atoms with Gasteiger partial charge in [0.2, 0.25) is 0 Å². The topological polar surface area (TPSA) is 0 Å². The fourth-order valence-electron chi connectivity index (χ4n) is 8.76. The van der Waals surface area contributed by atoms with Crippen LogP contribution in [0.4, 0.5) is 0 Å². The van der Waals surface area contributed by atoms with Crippen molar-refractivity contribution in [2.75, 3.05) is 0 Å². The van der Waals surface area contributed by atoms with E-state index in [0.717, 1.165) is 38.5 Å². The summed E-state index contributed by atoms with van der Waals surface area (Å²) in [6, 6.07) is 33.8. The van der Waals surface area contributed by atoms with Crippen molar-refractivity contribution in [3.63, 3.8) is 0 Å². The second-order valence-electron chi connectivity index (χ2n) is 15.5. The molecule has 0 unspecified atom stereocenters. The molecule has 0 aromatic heterocycles. The van der Waals surface area contributed by atoms with Crippen LogP contribution >= 0.6 is 0 Å². The average Bonchev–Trinajstić information content (AvgIpc) is 4.03. The van der Waals surface area contributed by atoms with E-state index in [1.807, 2.05) is 0 Å². The number of benzene rings is 4. The fourth-order valence-corrected chi connectivity index (χ4v) is 10.5. The van der Waals surface area contributed by atoms with Crippen LogP contribution < -0.4 is 24.8 Å². The summed E-state index contributed by atoms with van der Waals surface area (Å²) < 4.78 is 3.61. The van der Waals surface area contributed by atoms with E-state index in [2.05, 4.69) is 123 Å². The van der Waals surface area contributed by atoms with E-state index in [4.69, 9.17) is 0 Å². The van der Waals surface area contributed by atoms with Crippen LogP contribution in [-0.4, -0.2) is 6.41 Å². The molecule has 0 nitrogen and oxygen atoms in total. The molecule has 56 heavy (non-hydrogen) atoms. The Morgan fingerprint density at radius 3 is 1.23 bits per heavy atom. The van der Waals surface area contributed by atoms with Gasteiger partial charge in [-0.15, -0.1) is 69.8 Å². The van der Waals surface area contributed by atoms with Gasteiger partial charge in [0.15, 0.2) is 0 Å². The molecule has 0 saturated heterocycles. The van der Waals surface area contributed by atoms with Crippen molar-refractivity contribution in [1.82, 2.24) is 0 Å². The van der Waals surface area contributed by atoms with Crippen LogP contribution in [0.15, 0.2) is 108 Å². The van der Waals surface area contributed by atoms with E-state index in [1.165, 1.54) is 142 Å². The minimum absolute atomic E-state index is 0. The van der Waals surface area contributed by atoms with E-state index < -0.39 is 0 Å². The molecule has 0 bridgehead atoms. The molecular formula is C52H54Cl2Zr2-4. The Labute approximate surface area is 379 Å². The van der Waals surface area contributed by atoms with Crippen molar-refractivity contribution >= 4 is 17.6 Å². The zero-order valence-electron chi connectivity index (χ0n) is 33.3. The first-order chi connectivity index (χ1) is 26.5. The molecule has 288 valence electrons. The molecule has 0 spiro atoms. The Balaban J connectivity index is 0.000000156. The van der Waals surface area contributed by atoms with Gasteiger partial charge in [0.1, 0.15) is 0 Å². The van der Waals surface area contributed by atoms with E-state index in [9.17, 15) is 0 Å². The molecule has 2 fully saturated rings. The Kier molecular flexibility index (Phi) is 18.0. The predicted molar refractivity (Wildman–Crippen MR) is 225 cm³/mol. The van der Waals surface area contributed by atoms with Gasteiger partial charge >= 0.3 is 119 Å². The van der Waals surface area contributed by atoms with E-state index in [0.29, 0.717) is 0 Å². The molecule has 0 atom stereocenters. The van der Waals surface area contributed by atoms with Crippen molar-refractivity contribution in [3.05, 3.63) is 154 Å². The molecule has 6 aliphatic rings. The van der Waals surface area contributed by atoms with Crippen molar-refractivity contribution in [3.8, 4) is 22.3 Å². The minimum atomic E-state index is 0. The van der Waals surface area contributed by atoms with Gasteiger partial charge in [0.05, 0.1) is 0 Å². The van der Waals surface area contributed by atoms with E-state index >= 15 is 0 Å². The van der Waals surface area contributed by atoms with Crippen molar-refractivity contribution < 1.29 is 73.3 Å².